The van der Waals surface area contributed by atoms with Crippen molar-refractivity contribution in [2.45, 2.75) is 0 Å². The third kappa shape index (κ3) is 2.40. The first-order chi connectivity index (χ1) is 8.74. The fraction of sp³-hybridized carbons (Fsp3) is 0.182. The summed E-state index contributed by atoms with van der Waals surface area (Å²) in [5, 5.41) is 8.75. The number of nitrogens with zero attached hydrogens (tertiary/aromatic N) is 2. The van der Waals surface area contributed by atoms with Crippen molar-refractivity contribution in [3.63, 3.8) is 0 Å². The smallest absolute Gasteiger partial charge is 0.293 e. The van der Waals surface area contributed by atoms with Gasteiger partial charge in [-0.25, -0.2) is 4.98 Å². The third-order valence-corrected chi connectivity index (χ3v) is 2.29. The number of aromatic amines is 1. The molecule has 0 atom stereocenters. The predicted molar refractivity (Wildman–Crippen MR) is 63.9 cm³/mol. The first-order valence-electron chi connectivity index (χ1n) is 5.13. The fourth-order valence-corrected chi connectivity index (χ4v) is 1.40. The number of amides is 1. The summed E-state index contributed by atoms with van der Waals surface area (Å²) in [6.07, 6.45) is 1.26. The van der Waals surface area contributed by atoms with Gasteiger partial charge in [-0.1, -0.05) is 0 Å². The molecule has 0 bridgehead atoms. The zero-order valence-electron chi connectivity index (χ0n) is 9.93. The summed E-state index contributed by atoms with van der Waals surface area (Å²) in [7, 11) is 3.07. The Morgan fingerprint density at radius 2 is 2.17 bits per heavy atom. The van der Waals surface area contributed by atoms with E-state index in [-0.39, 0.29) is 5.82 Å². The van der Waals surface area contributed by atoms with Crippen LogP contribution in [-0.2, 0) is 0 Å². The number of hydrogen-bond acceptors (Lipinski definition) is 5. The van der Waals surface area contributed by atoms with Crippen LogP contribution in [0.25, 0.3) is 0 Å². The van der Waals surface area contributed by atoms with Gasteiger partial charge in [-0.2, -0.15) is 5.10 Å². The van der Waals surface area contributed by atoms with Gasteiger partial charge in [0.1, 0.15) is 17.8 Å². The molecule has 0 saturated heterocycles. The standard InChI is InChI=1S/C11H12N4O3/c1-17-7-3-4-8(9(5-7)18-2)14-11(16)10-12-6-13-15-10/h3-6H,1-2H3,(H,14,16)(H,12,13,15). The van der Waals surface area contributed by atoms with E-state index in [2.05, 4.69) is 20.5 Å². The molecule has 0 spiro atoms. The minimum absolute atomic E-state index is 0.132. The second-order valence-electron chi connectivity index (χ2n) is 3.35. The summed E-state index contributed by atoms with van der Waals surface area (Å²) in [5.74, 6) is 0.885. The van der Waals surface area contributed by atoms with Gasteiger partial charge < -0.3 is 14.8 Å². The van der Waals surface area contributed by atoms with Gasteiger partial charge in [-0.3, -0.25) is 9.89 Å². The van der Waals surface area contributed by atoms with Crippen LogP contribution in [0, 0.1) is 0 Å². The lowest BCUT2D eigenvalue weighted by Crippen LogP contribution is -2.14. The molecule has 1 heterocycles. The highest BCUT2D eigenvalue weighted by Gasteiger charge is 2.12. The maximum Gasteiger partial charge on any atom is 0.293 e. The van der Waals surface area contributed by atoms with Crippen molar-refractivity contribution in [2.75, 3.05) is 19.5 Å². The van der Waals surface area contributed by atoms with Crippen LogP contribution in [-0.4, -0.2) is 35.3 Å². The van der Waals surface area contributed by atoms with E-state index in [9.17, 15) is 4.79 Å². The van der Waals surface area contributed by atoms with Crippen LogP contribution < -0.4 is 14.8 Å². The van der Waals surface area contributed by atoms with Crippen molar-refractivity contribution < 1.29 is 14.3 Å². The van der Waals surface area contributed by atoms with E-state index in [1.165, 1.54) is 13.4 Å². The fourth-order valence-electron chi connectivity index (χ4n) is 1.40. The van der Waals surface area contributed by atoms with Crippen molar-refractivity contribution in [1.82, 2.24) is 15.2 Å². The van der Waals surface area contributed by atoms with Crippen molar-refractivity contribution in [2.24, 2.45) is 0 Å². The molecule has 0 saturated carbocycles. The Kier molecular flexibility index (Phi) is 3.42. The Balaban J connectivity index is 2.21. The van der Waals surface area contributed by atoms with Crippen LogP contribution in [0.4, 0.5) is 5.69 Å². The van der Waals surface area contributed by atoms with E-state index < -0.39 is 5.91 Å². The topological polar surface area (TPSA) is 89.1 Å². The zero-order valence-corrected chi connectivity index (χ0v) is 9.93. The Labute approximate surface area is 103 Å². The van der Waals surface area contributed by atoms with Gasteiger partial charge in [0.25, 0.3) is 5.91 Å². The van der Waals surface area contributed by atoms with Crippen LogP contribution in [0.15, 0.2) is 24.5 Å². The molecule has 18 heavy (non-hydrogen) atoms. The van der Waals surface area contributed by atoms with Crippen LogP contribution >= 0.6 is 0 Å². The molecule has 0 fully saturated rings. The number of carbonyl (C=O) groups is 1. The van der Waals surface area contributed by atoms with E-state index in [1.807, 2.05) is 0 Å². The molecule has 1 aromatic carbocycles. The summed E-state index contributed by atoms with van der Waals surface area (Å²) >= 11 is 0. The number of anilines is 1. The first-order valence-corrected chi connectivity index (χ1v) is 5.13. The molecule has 2 aromatic rings. The summed E-state index contributed by atoms with van der Waals surface area (Å²) in [6, 6.07) is 5.08. The SMILES string of the molecule is COc1ccc(NC(=O)c2ncn[nH]2)c(OC)c1. The van der Waals surface area contributed by atoms with Crippen LogP contribution in [0.1, 0.15) is 10.6 Å². The minimum Gasteiger partial charge on any atom is -0.497 e. The Morgan fingerprint density at radius 1 is 1.33 bits per heavy atom. The number of benzene rings is 1. The third-order valence-electron chi connectivity index (χ3n) is 2.29. The lowest BCUT2D eigenvalue weighted by Gasteiger charge is -2.10. The van der Waals surface area contributed by atoms with Gasteiger partial charge in [-0.05, 0) is 12.1 Å². The second kappa shape index (κ2) is 5.17. The maximum atomic E-state index is 11.8. The predicted octanol–water partition coefficient (Wildman–Crippen LogP) is 1.07. The van der Waals surface area contributed by atoms with E-state index in [0.717, 1.165) is 0 Å². The zero-order chi connectivity index (χ0) is 13.0. The Hall–Kier alpha value is -2.57. The quantitative estimate of drug-likeness (QED) is 0.844. The largest absolute Gasteiger partial charge is 0.497 e. The number of carbonyl (C=O) groups excluding carboxylic acids is 1. The van der Waals surface area contributed by atoms with Crippen molar-refractivity contribution in [1.29, 1.82) is 0 Å². The normalized spacial score (nSPS) is 9.89. The van der Waals surface area contributed by atoms with Gasteiger partial charge in [0, 0.05) is 6.07 Å². The molecule has 7 heteroatoms. The Morgan fingerprint density at radius 3 is 2.78 bits per heavy atom. The van der Waals surface area contributed by atoms with Crippen molar-refractivity contribution in [3.8, 4) is 11.5 Å². The molecule has 94 valence electrons. The van der Waals surface area contributed by atoms with Gasteiger partial charge in [0.2, 0.25) is 5.82 Å². The van der Waals surface area contributed by atoms with E-state index in [4.69, 9.17) is 9.47 Å². The molecule has 0 aliphatic heterocycles. The number of hydrogen-bond donors (Lipinski definition) is 2. The molecule has 0 radical (unpaired) electrons. The second-order valence-corrected chi connectivity index (χ2v) is 3.35. The summed E-state index contributed by atoms with van der Waals surface area (Å²) in [5.41, 5.74) is 0.528. The lowest BCUT2D eigenvalue weighted by atomic mass is 10.2. The van der Waals surface area contributed by atoms with Crippen molar-refractivity contribution in [3.05, 3.63) is 30.4 Å². The van der Waals surface area contributed by atoms with Crippen molar-refractivity contribution >= 4 is 11.6 Å². The van der Waals surface area contributed by atoms with Gasteiger partial charge >= 0.3 is 0 Å². The van der Waals surface area contributed by atoms with E-state index >= 15 is 0 Å². The molecule has 1 amide bonds. The van der Waals surface area contributed by atoms with E-state index in [0.29, 0.717) is 17.2 Å². The number of methoxy groups -OCH3 is 2. The molecule has 7 nitrogen and oxygen atoms in total. The molecular weight excluding hydrogens is 236 g/mol. The molecule has 0 aliphatic carbocycles. The maximum absolute atomic E-state index is 11.8. The van der Waals surface area contributed by atoms with Crippen LogP contribution in [0.5, 0.6) is 11.5 Å². The molecule has 0 unspecified atom stereocenters. The lowest BCUT2D eigenvalue weighted by molar-refractivity contribution is 0.101. The number of ether oxygens (including phenoxy) is 2. The molecular formula is C11H12N4O3. The highest BCUT2D eigenvalue weighted by molar-refractivity contribution is 6.02. The highest BCUT2D eigenvalue weighted by atomic mass is 16.5. The summed E-state index contributed by atoms with van der Waals surface area (Å²) in [4.78, 5) is 15.5. The van der Waals surface area contributed by atoms with Gasteiger partial charge in [-0.15, -0.1) is 0 Å². The highest BCUT2D eigenvalue weighted by Crippen LogP contribution is 2.29. The molecule has 1 aromatic heterocycles. The molecule has 0 aliphatic rings. The van der Waals surface area contributed by atoms with E-state index in [1.54, 1.807) is 25.3 Å². The average Bonchev–Trinajstić information content (AvgIpc) is 2.93. The van der Waals surface area contributed by atoms with Gasteiger partial charge in [0.15, 0.2) is 0 Å². The monoisotopic (exact) mass is 248 g/mol. The average molecular weight is 248 g/mol. The van der Waals surface area contributed by atoms with Gasteiger partial charge in [0.05, 0.1) is 19.9 Å². The number of aromatic nitrogens is 3. The summed E-state index contributed by atoms with van der Waals surface area (Å²) < 4.78 is 10.2. The minimum atomic E-state index is -0.393. The van der Waals surface area contributed by atoms with Crippen LogP contribution in [0.2, 0.25) is 0 Å². The first kappa shape index (κ1) is 11.9. The molecule has 2 N–H and O–H groups in total. The summed E-state index contributed by atoms with van der Waals surface area (Å²) in [6.45, 7) is 0. The molecule has 2 rings (SSSR count). The number of nitrogens with one attached hydrogen (secondary N) is 2. The Bertz CT molecular complexity index is 539. The number of rotatable bonds is 4. The van der Waals surface area contributed by atoms with Crippen LogP contribution in [0.3, 0.4) is 0 Å². The number of H-pyrrole nitrogens is 1.